The van der Waals surface area contributed by atoms with Crippen LogP contribution in [0.2, 0.25) is 5.02 Å². The van der Waals surface area contributed by atoms with Crippen LogP contribution in [-0.4, -0.2) is 8.42 Å². The van der Waals surface area contributed by atoms with Crippen molar-refractivity contribution < 1.29 is 13.2 Å². The average molecular weight is 317 g/mol. The average Bonchev–Trinajstić information content (AvgIpc) is 2.32. The zero-order valence-electron chi connectivity index (χ0n) is 9.93. The molecule has 0 amide bonds. The van der Waals surface area contributed by atoms with E-state index in [-0.39, 0.29) is 4.90 Å². The lowest BCUT2D eigenvalue weighted by Gasteiger charge is -2.08. The predicted octanol–water partition coefficient (Wildman–Crippen LogP) is 4.37. The van der Waals surface area contributed by atoms with E-state index in [1.54, 1.807) is 12.1 Å². The molecular formula is C13H10Cl2O3S. The Balaban J connectivity index is 2.25. The summed E-state index contributed by atoms with van der Waals surface area (Å²) in [6.07, 6.45) is 0. The highest BCUT2D eigenvalue weighted by Crippen LogP contribution is 2.30. The summed E-state index contributed by atoms with van der Waals surface area (Å²) in [5.74, 6) is 0.989. The van der Waals surface area contributed by atoms with Gasteiger partial charge in [0, 0.05) is 10.7 Å². The molecule has 0 aliphatic rings. The third-order valence-electron chi connectivity index (χ3n) is 2.42. The van der Waals surface area contributed by atoms with E-state index in [0.717, 1.165) is 5.56 Å². The highest BCUT2D eigenvalue weighted by Gasteiger charge is 2.10. The fourth-order valence-electron chi connectivity index (χ4n) is 1.49. The number of rotatable bonds is 3. The maximum Gasteiger partial charge on any atom is 0.261 e. The van der Waals surface area contributed by atoms with Gasteiger partial charge < -0.3 is 4.74 Å². The van der Waals surface area contributed by atoms with Gasteiger partial charge in [-0.25, -0.2) is 8.42 Å². The second kappa shape index (κ2) is 5.41. The number of aryl methyl sites for hydroxylation is 1. The van der Waals surface area contributed by atoms with Crippen molar-refractivity contribution in [3.63, 3.8) is 0 Å². The number of hydrogen-bond donors (Lipinski definition) is 0. The van der Waals surface area contributed by atoms with E-state index in [4.69, 9.17) is 27.0 Å². The van der Waals surface area contributed by atoms with Crippen LogP contribution in [0.3, 0.4) is 0 Å². The highest BCUT2D eigenvalue weighted by molar-refractivity contribution is 8.13. The molecular weight excluding hydrogens is 307 g/mol. The summed E-state index contributed by atoms with van der Waals surface area (Å²) in [6, 6.07) is 11.2. The topological polar surface area (TPSA) is 43.4 Å². The molecule has 3 nitrogen and oxygen atoms in total. The Morgan fingerprint density at radius 2 is 1.68 bits per heavy atom. The van der Waals surface area contributed by atoms with Gasteiger partial charge in [-0.1, -0.05) is 17.7 Å². The predicted molar refractivity (Wildman–Crippen MR) is 75.7 cm³/mol. The molecule has 6 heteroatoms. The molecule has 0 saturated heterocycles. The second-order valence-electron chi connectivity index (χ2n) is 3.95. The van der Waals surface area contributed by atoms with Gasteiger partial charge in [-0.2, -0.15) is 0 Å². The Hall–Kier alpha value is -1.23. The first kappa shape index (κ1) is 14.2. The third kappa shape index (κ3) is 3.62. The summed E-state index contributed by atoms with van der Waals surface area (Å²) in [5.41, 5.74) is 1.03. The van der Waals surface area contributed by atoms with E-state index in [1.807, 2.05) is 13.0 Å². The summed E-state index contributed by atoms with van der Waals surface area (Å²) in [7, 11) is 1.51. The van der Waals surface area contributed by atoms with Crippen LogP contribution in [0.1, 0.15) is 5.56 Å². The van der Waals surface area contributed by atoms with Gasteiger partial charge in [0.1, 0.15) is 11.5 Å². The van der Waals surface area contributed by atoms with E-state index in [1.165, 1.54) is 24.3 Å². The Morgan fingerprint density at radius 1 is 1.05 bits per heavy atom. The van der Waals surface area contributed by atoms with Crippen molar-refractivity contribution in [2.75, 3.05) is 0 Å². The van der Waals surface area contributed by atoms with E-state index in [9.17, 15) is 8.42 Å². The van der Waals surface area contributed by atoms with Gasteiger partial charge in [-0.3, -0.25) is 0 Å². The first-order valence-electron chi connectivity index (χ1n) is 5.35. The number of ether oxygens (including phenoxy) is 1. The molecule has 0 spiro atoms. The quantitative estimate of drug-likeness (QED) is 0.790. The largest absolute Gasteiger partial charge is 0.456 e. The summed E-state index contributed by atoms with van der Waals surface area (Å²) in [6.45, 7) is 1.93. The van der Waals surface area contributed by atoms with Gasteiger partial charge in [0.25, 0.3) is 9.05 Å². The third-order valence-corrected chi connectivity index (χ3v) is 4.09. The molecule has 19 heavy (non-hydrogen) atoms. The van der Waals surface area contributed by atoms with Crippen molar-refractivity contribution in [2.24, 2.45) is 0 Å². The second-order valence-corrected chi connectivity index (χ2v) is 6.92. The first-order valence-corrected chi connectivity index (χ1v) is 8.04. The summed E-state index contributed by atoms with van der Waals surface area (Å²) in [5, 5.41) is 0.494. The summed E-state index contributed by atoms with van der Waals surface area (Å²) < 4.78 is 27.8. The van der Waals surface area contributed by atoms with Gasteiger partial charge in [-0.05, 0) is 48.9 Å². The molecule has 0 aliphatic heterocycles. The van der Waals surface area contributed by atoms with Gasteiger partial charge >= 0.3 is 0 Å². The molecule has 2 aromatic carbocycles. The van der Waals surface area contributed by atoms with Crippen molar-refractivity contribution >= 4 is 31.3 Å². The van der Waals surface area contributed by atoms with Crippen LogP contribution in [0.4, 0.5) is 0 Å². The lowest BCUT2D eigenvalue weighted by Crippen LogP contribution is -1.91. The van der Waals surface area contributed by atoms with Crippen LogP contribution in [0.5, 0.6) is 11.5 Å². The Kier molecular flexibility index (Phi) is 4.04. The van der Waals surface area contributed by atoms with E-state index in [0.29, 0.717) is 16.5 Å². The minimum Gasteiger partial charge on any atom is -0.456 e. The standard InChI is InChI=1S/C13H10Cl2O3S/c1-9-2-7-13(12(14)8-9)18-10-3-5-11(6-4-10)19(15,16)17/h2-8H,1H3. The molecule has 0 N–H and O–H groups in total. The van der Waals surface area contributed by atoms with E-state index < -0.39 is 9.05 Å². The SMILES string of the molecule is Cc1ccc(Oc2ccc(S(=O)(=O)Cl)cc2)c(Cl)c1. The smallest absolute Gasteiger partial charge is 0.261 e. The van der Waals surface area contributed by atoms with Crippen LogP contribution in [0.25, 0.3) is 0 Å². The molecule has 0 bridgehead atoms. The van der Waals surface area contributed by atoms with Crippen molar-refractivity contribution in [3.05, 3.63) is 53.1 Å². The maximum atomic E-state index is 11.1. The monoisotopic (exact) mass is 316 g/mol. The highest BCUT2D eigenvalue weighted by atomic mass is 35.7. The molecule has 100 valence electrons. The molecule has 0 saturated carbocycles. The lowest BCUT2D eigenvalue weighted by atomic mass is 10.2. The molecule has 0 fully saturated rings. The van der Waals surface area contributed by atoms with Gasteiger partial charge in [0.05, 0.1) is 9.92 Å². The fourth-order valence-corrected chi connectivity index (χ4v) is 2.53. The van der Waals surface area contributed by atoms with E-state index >= 15 is 0 Å². The summed E-state index contributed by atoms with van der Waals surface area (Å²) in [4.78, 5) is 0.0246. The Labute approximate surface area is 121 Å². The summed E-state index contributed by atoms with van der Waals surface area (Å²) >= 11 is 6.04. The van der Waals surface area contributed by atoms with Crippen LogP contribution < -0.4 is 4.74 Å². The molecule has 0 atom stereocenters. The van der Waals surface area contributed by atoms with Gasteiger partial charge in [-0.15, -0.1) is 0 Å². The minimum absolute atomic E-state index is 0.0246. The number of hydrogen-bond acceptors (Lipinski definition) is 3. The van der Waals surface area contributed by atoms with Crippen LogP contribution in [-0.2, 0) is 9.05 Å². The lowest BCUT2D eigenvalue weighted by molar-refractivity contribution is 0.482. The Bertz CT molecular complexity index is 694. The van der Waals surface area contributed by atoms with Gasteiger partial charge in [0.15, 0.2) is 0 Å². The van der Waals surface area contributed by atoms with Crippen LogP contribution in [0, 0.1) is 6.92 Å². The zero-order chi connectivity index (χ0) is 14.0. The molecule has 0 aromatic heterocycles. The molecule has 0 unspecified atom stereocenters. The number of benzene rings is 2. The van der Waals surface area contributed by atoms with Crippen molar-refractivity contribution in [1.29, 1.82) is 0 Å². The van der Waals surface area contributed by atoms with Crippen molar-refractivity contribution in [2.45, 2.75) is 11.8 Å². The van der Waals surface area contributed by atoms with E-state index in [2.05, 4.69) is 0 Å². The molecule has 2 rings (SSSR count). The van der Waals surface area contributed by atoms with Gasteiger partial charge in [0.2, 0.25) is 0 Å². The Morgan fingerprint density at radius 3 is 2.21 bits per heavy atom. The van der Waals surface area contributed by atoms with Crippen LogP contribution >= 0.6 is 22.3 Å². The zero-order valence-corrected chi connectivity index (χ0v) is 12.3. The van der Waals surface area contributed by atoms with Crippen LogP contribution in [0.15, 0.2) is 47.4 Å². The normalized spacial score (nSPS) is 11.3. The molecule has 0 heterocycles. The molecule has 0 radical (unpaired) electrons. The van der Waals surface area contributed by atoms with Crippen molar-refractivity contribution in [3.8, 4) is 11.5 Å². The number of halogens is 2. The molecule has 0 aliphatic carbocycles. The minimum atomic E-state index is -3.72. The van der Waals surface area contributed by atoms with Crippen molar-refractivity contribution in [1.82, 2.24) is 0 Å². The molecule has 2 aromatic rings. The fraction of sp³-hybridized carbons (Fsp3) is 0.0769. The first-order chi connectivity index (χ1) is 8.86. The maximum absolute atomic E-state index is 11.1.